The molecule has 2 aromatic carbocycles. The minimum atomic E-state index is -0.127. The van der Waals surface area contributed by atoms with Gasteiger partial charge in [-0.25, -0.2) is 4.57 Å². The largest absolute Gasteiger partial charge is 0.268 e. The Morgan fingerprint density at radius 2 is 1.73 bits per heavy atom. The van der Waals surface area contributed by atoms with Crippen LogP contribution in [0.2, 0.25) is 5.02 Å². The van der Waals surface area contributed by atoms with Crippen LogP contribution < -0.4 is 5.56 Å². The topological polar surface area (TPSA) is 52.2 Å². The molecule has 0 N–H and O–H groups in total. The van der Waals surface area contributed by atoms with Crippen LogP contribution in [0, 0.1) is 6.92 Å². The van der Waals surface area contributed by atoms with E-state index in [-0.39, 0.29) is 5.56 Å². The van der Waals surface area contributed by atoms with Gasteiger partial charge in [0.25, 0.3) is 5.56 Å². The second-order valence-corrected chi connectivity index (χ2v) is 5.45. The van der Waals surface area contributed by atoms with Gasteiger partial charge in [0.05, 0.1) is 16.6 Å². The zero-order valence-corrected chi connectivity index (χ0v) is 12.4. The molecule has 0 aliphatic rings. The Labute approximate surface area is 130 Å². The molecule has 0 saturated heterocycles. The number of aromatic nitrogens is 4. The van der Waals surface area contributed by atoms with Crippen LogP contribution in [-0.4, -0.2) is 19.2 Å². The summed E-state index contributed by atoms with van der Waals surface area (Å²) in [5.74, 6) is 1.22. The first-order chi connectivity index (χ1) is 10.7. The summed E-state index contributed by atoms with van der Waals surface area (Å²) in [4.78, 5) is 12.9. The maximum atomic E-state index is 12.9. The molecule has 22 heavy (non-hydrogen) atoms. The standard InChI is InChI=1S/C16H11ClN4O/c1-10-18-19-16-20(10)14-5-3-2-4-13(14)15(22)21(16)12-8-6-11(17)7-9-12/h2-9H,1H3. The van der Waals surface area contributed by atoms with E-state index in [9.17, 15) is 4.79 Å². The zero-order chi connectivity index (χ0) is 15.3. The Balaban J connectivity index is 2.24. The second-order valence-electron chi connectivity index (χ2n) is 5.02. The maximum absolute atomic E-state index is 12.9. The number of benzene rings is 2. The van der Waals surface area contributed by atoms with Gasteiger partial charge < -0.3 is 0 Å². The molecule has 4 rings (SSSR count). The number of aryl methyl sites for hydroxylation is 1. The smallest absolute Gasteiger partial charge is 0.267 e. The Kier molecular flexibility index (Phi) is 2.77. The van der Waals surface area contributed by atoms with E-state index in [0.29, 0.717) is 21.9 Å². The van der Waals surface area contributed by atoms with E-state index in [1.807, 2.05) is 35.6 Å². The summed E-state index contributed by atoms with van der Waals surface area (Å²) < 4.78 is 3.43. The molecule has 0 atom stereocenters. The molecule has 6 heteroatoms. The molecule has 2 heterocycles. The fourth-order valence-corrected chi connectivity index (χ4v) is 2.79. The summed E-state index contributed by atoms with van der Waals surface area (Å²) in [6.45, 7) is 1.86. The average Bonchev–Trinajstić information content (AvgIpc) is 2.91. The van der Waals surface area contributed by atoms with Crippen LogP contribution in [-0.2, 0) is 0 Å². The predicted octanol–water partition coefficient (Wildman–Crippen LogP) is 3.00. The van der Waals surface area contributed by atoms with E-state index in [1.54, 1.807) is 28.8 Å². The van der Waals surface area contributed by atoms with Gasteiger partial charge in [0, 0.05) is 5.02 Å². The Morgan fingerprint density at radius 3 is 2.50 bits per heavy atom. The SMILES string of the molecule is Cc1nnc2n(-c3ccc(Cl)cc3)c(=O)c3ccccc3n12. The van der Waals surface area contributed by atoms with Crippen LogP contribution in [0.5, 0.6) is 0 Å². The van der Waals surface area contributed by atoms with Crippen molar-refractivity contribution in [3.8, 4) is 5.69 Å². The highest BCUT2D eigenvalue weighted by Gasteiger charge is 2.15. The molecular weight excluding hydrogens is 300 g/mol. The molecule has 0 aliphatic heterocycles. The lowest BCUT2D eigenvalue weighted by atomic mass is 10.2. The second kappa shape index (κ2) is 4.68. The molecule has 2 aromatic heterocycles. The molecule has 0 bridgehead atoms. The minimum absolute atomic E-state index is 0.127. The molecule has 5 nitrogen and oxygen atoms in total. The van der Waals surface area contributed by atoms with Crippen molar-refractivity contribution in [2.75, 3.05) is 0 Å². The number of hydrogen-bond acceptors (Lipinski definition) is 3. The molecule has 0 amide bonds. The lowest BCUT2D eigenvalue weighted by molar-refractivity contribution is 0.965. The molecule has 0 saturated carbocycles. The molecule has 0 aliphatic carbocycles. The highest BCUT2D eigenvalue weighted by molar-refractivity contribution is 6.30. The summed E-state index contributed by atoms with van der Waals surface area (Å²) in [6.07, 6.45) is 0. The van der Waals surface area contributed by atoms with E-state index >= 15 is 0 Å². The highest BCUT2D eigenvalue weighted by Crippen LogP contribution is 2.18. The third kappa shape index (κ3) is 1.76. The van der Waals surface area contributed by atoms with Crippen molar-refractivity contribution in [3.63, 3.8) is 0 Å². The molecule has 0 fully saturated rings. The lowest BCUT2D eigenvalue weighted by Crippen LogP contribution is -2.21. The summed E-state index contributed by atoms with van der Waals surface area (Å²) >= 11 is 5.94. The normalized spacial score (nSPS) is 11.4. The van der Waals surface area contributed by atoms with Crippen molar-refractivity contribution in [1.29, 1.82) is 0 Å². The van der Waals surface area contributed by atoms with E-state index in [1.165, 1.54) is 0 Å². The minimum Gasteiger partial charge on any atom is -0.268 e. The molecule has 0 spiro atoms. The van der Waals surface area contributed by atoms with E-state index in [4.69, 9.17) is 11.6 Å². The first-order valence-corrected chi connectivity index (χ1v) is 7.16. The van der Waals surface area contributed by atoms with Crippen molar-refractivity contribution in [1.82, 2.24) is 19.2 Å². The van der Waals surface area contributed by atoms with Crippen molar-refractivity contribution in [2.45, 2.75) is 6.92 Å². The molecular formula is C16H11ClN4O. The van der Waals surface area contributed by atoms with E-state index < -0.39 is 0 Å². The van der Waals surface area contributed by atoms with E-state index in [0.717, 1.165) is 11.3 Å². The molecule has 108 valence electrons. The number of nitrogens with zero attached hydrogens (tertiary/aromatic N) is 4. The van der Waals surface area contributed by atoms with Gasteiger partial charge in [-0.2, -0.15) is 0 Å². The quantitative estimate of drug-likeness (QED) is 0.543. The fraction of sp³-hybridized carbons (Fsp3) is 0.0625. The molecule has 4 aromatic rings. The third-order valence-corrected chi connectivity index (χ3v) is 3.92. The fourth-order valence-electron chi connectivity index (χ4n) is 2.66. The van der Waals surface area contributed by atoms with Crippen molar-refractivity contribution in [2.24, 2.45) is 0 Å². The van der Waals surface area contributed by atoms with Crippen LogP contribution in [0.1, 0.15) is 5.82 Å². The number of hydrogen-bond donors (Lipinski definition) is 0. The van der Waals surface area contributed by atoms with Gasteiger partial charge in [-0.15, -0.1) is 10.2 Å². The van der Waals surface area contributed by atoms with Gasteiger partial charge in [0.1, 0.15) is 5.82 Å². The monoisotopic (exact) mass is 310 g/mol. The maximum Gasteiger partial charge on any atom is 0.267 e. The van der Waals surface area contributed by atoms with Crippen LogP contribution in [0.4, 0.5) is 0 Å². The average molecular weight is 311 g/mol. The van der Waals surface area contributed by atoms with Gasteiger partial charge in [0.2, 0.25) is 5.78 Å². The van der Waals surface area contributed by atoms with Crippen LogP contribution >= 0.6 is 11.6 Å². The molecule has 0 radical (unpaired) electrons. The number of rotatable bonds is 1. The highest BCUT2D eigenvalue weighted by atomic mass is 35.5. The predicted molar refractivity (Wildman–Crippen MR) is 85.8 cm³/mol. The summed E-state index contributed by atoms with van der Waals surface area (Å²) in [7, 11) is 0. The summed E-state index contributed by atoms with van der Waals surface area (Å²) in [5, 5.41) is 9.52. The summed E-state index contributed by atoms with van der Waals surface area (Å²) in [5.41, 5.74) is 1.38. The number of halogens is 1. The van der Waals surface area contributed by atoms with Gasteiger partial charge in [0.15, 0.2) is 0 Å². The van der Waals surface area contributed by atoms with Gasteiger partial charge >= 0.3 is 0 Å². The number of para-hydroxylation sites is 1. The Morgan fingerprint density at radius 1 is 1.00 bits per heavy atom. The van der Waals surface area contributed by atoms with Crippen molar-refractivity contribution in [3.05, 3.63) is 69.7 Å². The van der Waals surface area contributed by atoms with Gasteiger partial charge in [-0.1, -0.05) is 23.7 Å². The number of fused-ring (bicyclic) bond motifs is 3. The summed E-state index contributed by atoms with van der Waals surface area (Å²) in [6, 6.07) is 14.5. The Bertz CT molecular complexity index is 1060. The van der Waals surface area contributed by atoms with Crippen LogP contribution in [0.15, 0.2) is 53.3 Å². The molecule has 0 unspecified atom stereocenters. The van der Waals surface area contributed by atoms with Crippen LogP contribution in [0.3, 0.4) is 0 Å². The first-order valence-electron chi connectivity index (χ1n) is 6.78. The first kappa shape index (κ1) is 13.0. The Hall–Kier alpha value is -2.66. The van der Waals surface area contributed by atoms with Crippen molar-refractivity contribution < 1.29 is 0 Å². The zero-order valence-electron chi connectivity index (χ0n) is 11.7. The van der Waals surface area contributed by atoms with Gasteiger partial charge in [-0.3, -0.25) is 9.20 Å². The third-order valence-electron chi connectivity index (χ3n) is 3.67. The lowest BCUT2D eigenvalue weighted by Gasteiger charge is -2.10. The van der Waals surface area contributed by atoms with E-state index in [2.05, 4.69) is 10.2 Å². The van der Waals surface area contributed by atoms with Crippen LogP contribution in [0.25, 0.3) is 22.4 Å². The van der Waals surface area contributed by atoms with Gasteiger partial charge in [-0.05, 0) is 43.3 Å². The van der Waals surface area contributed by atoms with Crippen molar-refractivity contribution >= 4 is 28.3 Å².